The minimum Gasteiger partial charge on any atom is -0.355 e. The molecule has 9 heteroatoms. The third-order valence-corrected chi connectivity index (χ3v) is 9.44. The number of nitrogens with zero attached hydrogens (tertiary/aromatic N) is 2. The van der Waals surface area contributed by atoms with E-state index in [0.717, 1.165) is 26.6 Å². The lowest BCUT2D eigenvalue weighted by Crippen LogP contribution is -2.53. The Morgan fingerprint density at radius 1 is 0.818 bits per heavy atom. The Balaban J connectivity index is 1.82. The Labute approximate surface area is 265 Å². The highest BCUT2D eigenvalue weighted by atomic mass is 35.5. The second-order valence-electron chi connectivity index (χ2n) is 10.9. The molecule has 0 saturated carbocycles. The van der Waals surface area contributed by atoms with Crippen LogP contribution in [0.5, 0.6) is 0 Å². The van der Waals surface area contributed by atoms with Crippen LogP contribution < -0.4 is 9.62 Å². The number of benzene rings is 4. The van der Waals surface area contributed by atoms with E-state index in [9.17, 15) is 18.0 Å². The number of amides is 2. The van der Waals surface area contributed by atoms with Crippen molar-refractivity contribution in [2.45, 2.75) is 51.6 Å². The summed E-state index contributed by atoms with van der Waals surface area (Å²) >= 11 is 6.14. The average Bonchev–Trinajstić information content (AvgIpc) is 3.00. The van der Waals surface area contributed by atoms with Gasteiger partial charge in [-0.25, -0.2) is 8.42 Å². The summed E-state index contributed by atoms with van der Waals surface area (Å²) in [5, 5.41) is 3.42. The van der Waals surface area contributed by atoms with Crippen LogP contribution in [0.4, 0.5) is 5.69 Å². The first-order valence-electron chi connectivity index (χ1n) is 14.5. The molecule has 7 nitrogen and oxygen atoms in total. The minimum absolute atomic E-state index is 0.0746. The maximum absolute atomic E-state index is 14.5. The van der Waals surface area contributed by atoms with Gasteiger partial charge in [-0.05, 0) is 80.3 Å². The zero-order valence-electron chi connectivity index (χ0n) is 25.5. The van der Waals surface area contributed by atoms with E-state index >= 15 is 0 Å². The van der Waals surface area contributed by atoms with E-state index < -0.39 is 28.5 Å². The number of nitrogens with one attached hydrogen (secondary N) is 1. The normalized spacial score (nSPS) is 11.9. The number of aryl methyl sites for hydroxylation is 3. The van der Waals surface area contributed by atoms with Gasteiger partial charge in [0.2, 0.25) is 11.8 Å². The van der Waals surface area contributed by atoms with Gasteiger partial charge in [0.05, 0.1) is 10.6 Å². The number of carbonyl (C=O) groups is 2. The Hall–Kier alpha value is -4.14. The first-order valence-corrected chi connectivity index (χ1v) is 16.3. The number of carbonyl (C=O) groups excluding carboxylic acids is 2. The summed E-state index contributed by atoms with van der Waals surface area (Å²) in [6, 6.07) is 27.7. The molecule has 0 saturated heterocycles. The van der Waals surface area contributed by atoms with Gasteiger partial charge >= 0.3 is 0 Å². The number of sulfonamides is 1. The van der Waals surface area contributed by atoms with Crippen molar-refractivity contribution in [2.24, 2.45) is 0 Å². The zero-order valence-corrected chi connectivity index (χ0v) is 27.0. The number of likely N-dealkylation sites (N-methyl/N-ethyl adjacent to an activating group) is 1. The first kappa shape index (κ1) is 32.8. The summed E-state index contributed by atoms with van der Waals surface area (Å²) in [4.78, 5) is 29.6. The van der Waals surface area contributed by atoms with Gasteiger partial charge in [-0.3, -0.25) is 13.9 Å². The Morgan fingerprint density at radius 3 is 2.09 bits per heavy atom. The van der Waals surface area contributed by atoms with Crippen LogP contribution in [0.15, 0.2) is 102 Å². The van der Waals surface area contributed by atoms with Crippen LogP contribution in [-0.2, 0) is 32.6 Å². The molecule has 0 aliphatic rings. The molecule has 0 aliphatic heterocycles. The third kappa shape index (κ3) is 8.07. The van der Waals surface area contributed by atoms with Gasteiger partial charge in [-0.1, -0.05) is 83.9 Å². The second-order valence-corrected chi connectivity index (χ2v) is 13.2. The smallest absolute Gasteiger partial charge is 0.264 e. The topological polar surface area (TPSA) is 86.8 Å². The van der Waals surface area contributed by atoms with Gasteiger partial charge in [0.1, 0.15) is 12.6 Å². The van der Waals surface area contributed by atoms with E-state index in [-0.39, 0.29) is 23.8 Å². The summed E-state index contributed by atoms with van der Waals surface area (Å²) in [5.41, 5.74) is 4.50. The fourth-order valence-electron chi connectivity index (χ4n) is 4.97. The predicted molar refractivity (Wildman–Crippen MR) is 176 cm³/mol. The summed E-state index contributed by atoms with van der Waals surface area (Å²) in [6.07, 6.45) is 0.250. The van der Waals surface area contributed by atoms with Gasteiger partial charge in [0.15, 0.2) is 0 Å². The van der Waals surface area contributed by atoms with E-state index in [1.807, 2.05) is 70.2 Å². The molecule has 2 amide bonds. The molecular formula is C35H38ClN3O4S. The zero-order chi connectivity index (χ0) is 31.9. The SMILES string of the molecule is CCNC(=O)[C@@H](Cc1ccccc1)N(Cc1ccc(Cl)cc1)C(=O)CN(c1cc(C)ccc1C)S(=O)(=O)c1ccc(C)cc1. The molecular weight excluding hydrogens is 594 g/mol. The van der Waals surface area contributed by atoms with Crippen LogP contribution in [0.1, 0.15) is 34.7 Å². The van der Waals surface area contributed by atoms with E-state index in [0.29, 0.717) is 22.8 Å². The minimum atomic E-state index is -4.16. The highest BCUT2D eigenvalue weighted by Crippen LogP contribution is 2.29. The Kier molecular flexibility index (Phi) is 10.8. The number of rotatable bonds is 12. The number of anilines is 1. The third-order valence-electron chi connectivity index (χ3n) is 7.41. The van der Waals surface area contributed by atoms with Crippen LogP contribution in [0, 0.1) is 20.8 Å². The molecule has 44 heavy (non-hydrogen) atoms. The molecule has 1 atom stereocenters. The quantitative estimate of drug-likeness (QED) is 0.201. The lowest BCUT2D eigenvalue weighted by Gasteiger charge is -2.34. The molecule has 0 spiro atoms. The summed E-state index contributed by atoms with van der Waals surface area (Å²) in [6.45, 7) is 7.34. The standard InChI is InChI=1S/C35H38ClN3O4S/c1-5-37-35(41)33(22-28-9-7-6-8-10-28)38(23-29-15-17-30(36)18-16-29)34(40)24-39(32-21-26(3)11-14-27(32)4)44(42,43)31-19-12-25(2)13-20-31/h6-21,33H,5,22-24H2,1-4H3,(H,37,41)/t33-/m1/s1. The molecule has 1 N–H and O–H groups in total. The molecule has 0 bridgehead atoms. The molecule has 0 radical (unpaired) electrons. The molecule has 4 rings (SSSR count). The first-order chi connectivity index (χ1) is 21.0. The lowest BCUT2D eigenvalue weighted by atomic mass is 10.0. The fourth-order valence-corrected chi connectivity index (χ4v) is 6.57. The number of hydrogen-bond acceptors (Lipinski definition) is 4. The average molecular weight is 632 g/mol. The largest absolute Gasteiger partial charge is 0.355 e. The molecule has 0 aromatic heterocycles. The molecule has 230 valence electrons. The summed E-state index contributed by atoms with van der Waals surface area (Å²) in [5.74, 6) is -0.831. The highest BCUT2D eigenvalue weighted by molar-refractivity contribution is 7.92. The fraction of sp³-hybridized carbons (Fsp3) is 0.257. The maximum Gasteiger partial charge on any atom is 0.264 e. The van der Waals surface area contributed by atoms with Gasteiger partial charge in [0, 0.05) is 24.5 Å². The monoisotopic (exact) mass is 631 g/mol. The molecule has 0 unspecified atom stereocenters. The van der Waals surface area contributed by atoms with Gasteiger partial charge < -0.3 is 10.2 Å². The molecule has 0 fully saturated rings. The van der Waals surface area contributed by atoms with Crippen molar-refractivity contribution < 1.29 is 18.0 Å². The van der Waals surface area contributed by atoms with Gasteiger partial charge in [-0.15, -0.1) is 0 Å². The van der Waals surface area contributed by atoms with Gasteiger partial charge in [-0.2, -0.15) is 0 Å². The maximum atomic E-state index is 14.5. The van der Waals surface area contributed by atoms with Gasteiger partial charge in [0.25, 0.3) is 10.0 Å². The van der Waals surface area contributed by atoms with Crippen molar-refractivity contribution in [3.8, 4) is 0 Å². The molecule has 4 aromatic carbocycles. The molecule has 0 heterocycles. The Morgan fingerprint density at radius 2 is 1.45 bits per heavy atom. The predicted octanol–water partition coefficient (Wildman–Crippen LogP) is 6.24. The Bertz CT molecular complexity index is 1690. The second kappa shape index (κ2) is 14.6. The highest BCUT2D eigenvalue weighted by Gasteiger charge is 2.35. The number of halogens is 1. The van der Waals surface area contributed by atoms with Crippen molar-refractivity contribution in [2.75, 3.05) is 17.4 Å². The van der Waals surface area contributed by atoms with Crippen molar-refractivity contribution in [3.63, 3.8) is 0 Å². The van der Waals surface area contributed by atoms with Crippen LogP contribution >= 0.6 is 11.6 Å². The van der Waals surface area contributed by atoms with E-state index in [4.69, 9.17) is 11.6 Å². The van der Waals surface area contributed by atoms with Crippen molar-refractivity contribution in [1.82, 2.24) is 10.2 Å². The van der Waals surface area contributed by atoms with E-state index in [1.54, 1.807) is 54.6 Å². The van der Waals surface area contributed by atoms with E-state index in [2.05, 4.69) is 5.32 Å². The summed E-state index contributed by atoms with van der Waals surface area (Å²) < 4.78 is 29.6. The van der Waals surface area contributed by atoms with Crippen molar-refractivity contribution >= 4 is 39.1 Å². The van der Waals surface area contributed by atoms with Crippen LogP contribution in [0.3, 0.4) is 0 Å². The lowest BCUT2D eigenvalue weighted by molar-refractivity contribution is -0.140. The molecule has 0 aliphatic carbocycles. The van der Waals surface area contributed by atoms with Crippen LogP contribution in [-0.4, -0.2) is 44.3 Å². The van der Waals surface area contributed by atoms with E-state index in [1.165, 1.54) is 4.90 Å². The summed E-state index contributed by atoms with van der Waals surface area (Å²) in [7, 11) is -4.16. The number of hydrogen-bond donors (Lipinski definition) is 1. The molecule has 4 aromatic rings. The van der Waals surface area contributed by atoms with Crippen molar-refractivity contribution in [1.29, 1.82) is 0 Å². The van der Waals surface area contributed by atoms with Crippen LogP contribution in [0.25, 0.3) is 0 Å². The van der Waals surface area contributed by atoms with Crippen LogP contribution in [0.2, 0.25) is 5.02 Å². The van der Waals surface area contributed by atoms with Crippen molar-refractivity contribution in [3.05, 3.63) is 130 Å².